The molecule has 0 bridgehead atoms. The zero-order valence-corrected chi connectivity index (χ0v) is 20.1. The summed E-state index contributed by atoms with van der Waals surface area (Å²) in [6.07, 6.45) is 9.89. The van der Waals surface area contributed by atoms with E-state index in [0.717, 1.165) is 65.0 Å². The third-order valence-corrected chi connectivity index (χ3v) is 7.49. The van der Waals surface area contributed by atoms with Crippen molar-refractivity contribution in [3.05, 3.63) is 40.7 Å². The lowest BCUT2D eigenvalue weighted by atomic mass is 9.95. The number of anilines is 3. The average Bonchev–Trinajstić information content (AvgIpc) is 3.15. The smallest absolute Gasteiger partial charge is 0.331 e. The third kappa shape index (κ3) is 4.08. The maximum Gasteiger partial charge on any atom is 0.331 e. The molecule has 1 aliphatic heterocycles. The normalized spacial score (nSPS) is 16.4. The summed E-state index contributed by atoms with van der Waals surface area (Å²) >= 11 is 1.33. The zero-order valence-electron chi connectivity index (χ0n) is 19.3. The van der Waals surface area contributed by atoms with Crippen LogP contribution in [0.4, 0.5) is 21.9 Å². The molecule has 5 rings (SSSR count). The van der Waals surface area contributed by atoms with Gasteiger partial charge in [-0.2, -0.15) is 0 Å². The minimum absolute atomic E-state index is 0.129. The van der Waals surface area contributed by atoms with Crippen LogP contribution in [0, 0.1) is 12.8 Å². The van der Waals surface area contributed by atoms with Gasteiger partial charge in [-0.15, -0.1) is 11.3 Å². The van der Waals surface area contributed by atoms with Gasteiger partial charge in [-0.1, -0.05) is 33.1 Å². The number of urea groups is 1. The maximum atomic E-state index is 13.3. The summed E-state index contributed by atoms with van der Waals surface area (Å²) < 4.78 is 0. The number of nitrogens with one attached hydrogen (secondary N) is 2. The molecule has 0 aromatic carbocycles. The highest BCUT2D eigenvalue weighted by Gasteiger charge is 2.34. The van der Waals surface area contributed by atoms with E-state index in [4.69, 9.17) is 0 Å². The number of hydrogen-bond donors (Lipinski definition) is 2. The maximum absolute atomic E-state index is 13.3. The molecule has 1 fully saturated rings. The van der Waals surface area contributed by atoms with Crippen LogP contribution in [0.3, 0.4) is 0 Å². The lowest BCUT2D eigenvalue weighted by molar-refractivity contribution is 0.0932. The van der Waals surface area contributed by atoms with Gasteiger partial charge in [-0.3, -0.25) is 14.7 Å². The van der Waals surface area contributed by atoms with E-state index in [1.165, 1.54) is 17.8 Å². The molecule has 0 radical (unpaired) electrons. The molecule has 0 spiro atoms. The first-order valence-corrected chi connectivity index (χ1v) is 12.5. The van der Waals surface area contributed by atoms with Crippen molar-refractivity contribution in [2.75, 3.05) is 10.2 Å². The zero-order chi connectivity index (χ0) is 23.1. The number of rotatable bonds is 5. The highest BCUT2D eigenvalue weighted by atomic mass is 32.1. The van der Waals surface area contributed by atoms with Gasteiger partial charge in [-0.05, 0) is 49.8 Å². The lowest BCUT2D eigenvalue weighted by Crippen LogP contribution is -2.37. The summed E-state index contributed by atoms with van der Waals surface area (Å²) in [5.74, 6) is 0.378. The molecule has 3 aromatic heterocycles. The van der Waals surface area contributed by atoms with E-state index >= 15 is 0 Å². The molecule has 2 N–H and O–H groups in total. The summed E-state index contributed by atoms with van der Waals surface area (Å²) in [5, 5.41) is 6.96. The Kier molecular flexibility index (Phi) is 5.78. The largest absolute Gasteiger partial charge is 0.349 e. The van der Waals surface area contributed by atoms with Crippen molar-refractivity contribution >= 4 is 50.6 Å². The number of hydrogen-bond acceptors (Lipinski definition) is 5. The molecule has 172 valence electrons. The fraction of sp³-hybridized carbons (Fsp3) is 0.440. The molecule has 3 aromatic rings. The van der Waals surface area contributed by atoms with Crippen molar-refractivity contribution < 1.29 is 9.59 Å². The van der Waals surface area contributed by atoms with Crippen LogP contribution in [-0.4, -0.2) is 27.9 Å². The third-order valence-electron chi connectivity index (χ3n) is 6.39. The summed E-state index contributed by atoms with van der Waals surface area (Å²) in [5.41, 5.74) is 4.02. The van der Waals surface area contributed by atoms with E-state index in [9.17, 15) is 9.59 Å². The first-order valence-electron chi connectivity index (χ1n) is 11.7. The van der Waals surface area contributed by atoms with Gasteiger partial charge < -0.3 is 10.6 Å². The number of aromatic nitrogens is 2. The molecule has 0 saturated heterocycles. The SMILES string of the molecule is Cc1cc(CC(C)C)ncc1N1C(=O)Nc2c(C(=O)NC3CCCCC3)sc3nccc1c23. The summed E-state index contributed by atoms with van der Waals surface area (Å²) in [4.78, 5) is 38.5. The fourth-order valence-corrected chi connectivity index (χ4v) is 5.87. The lowest BCUT2D eigenvalue weighted by Gasteiger charge is -2.29. The molecule has 7 nitrogen and oxygen atoms in total. The molecule has 8 heteroatoms. The van der Waals surface area contributed by atoms with Crippen molar-refractivity contribution in [3.8, 4) is 0 Å². The molecule has 0 unspecified atom stereocenters. The predicted octanol–water partition coefficient (Wildman–Crippen LogP) is 5.94. The molecule has 1 aliphatic carbocycles. The van der Waals surface area contributed by atoms with Crippen molar-refractivity contribution in [1.82, 2.24) is 15.3 Å². The number of pyridine rings is 2. The fourth-order valence-electron chi connectivity index (χ4n) is 4.85. The topological polar surface area (TPSA) is 87.2 Å². The van der Waals surface area contributed by atoms with E-state index in [-0.39, 0.29) is 18.0 Å². The van der Waals surface area contributed by atoms with Crippen LogP contribution in [0.15, 0.2) is 24.5 Å². The first-order chi connectivity index (χ1) is 15.9. The van der Waals surface area contributed by atoms with Crippen molar-refractivity contribution in [3.63, 3.8) is 0 Å². The van der Waals surface area contributed by atoms with Gasteiger partial charge in [0.1, 0.15) is 9.71 Å². The van der Waals surface area contributed by atoms with Crippen LogP contribution < -0.4 is 15.5 Å². The Morgan fingerprint density at radius 2 is 2.03 bits per heavy atom. The summed E-state index contributed by atoms with van der Waals surface area (Å²) in [7, 11) is 0. The number of amides is 3. The molecular formula is C25H29N5O2S. The van der Waals surface area contributed by atoms with Crippen molar-refractivity contribution in [1.29, 1.82) is 0 Å². The Labute approximate surface area is 197 Å². The van der Waals surface area contributed by atoms with Crippen molar-refractivity contribution in [2.24, 2.45) is 5.92 Å². The quantitative estimate of drug-likeness (QED) is 0.490. The molecule has 1 saturated carbocycles. The Morgan fingerprint density at radius 1 is 1.24 bits per heavy atom. The van der Waals surface area contributed by atoms with E-state index in [0.29, 0.717) is 16.5 Å². The van der Waals surface area contributed by atoms with Crippen LogP contribution >= 0.6 is 11.3 Å². The van der Waals surface area contributed by atoms with Crippen LogP contribution in [0.2, 0.25) is 0 Å². The average molecular weight is 464 g/mol. The standard InChI is InChI=1S/C25H29N5O2S/c1-14(2)11-17-12-15(3)19(13-27-17)30-18-9-10-26-24-20(18)21(29-25(30)32)22(33-24)23(31)28-16-7-5-4-6-8-16/h9-10,12-14,16H,4-8,11H2,1-3H3,(H,28,31)(H,29,32). The molecule has 33 heavy (non-hydrogen) atoms. The van der Waals surface area contributed by atoms with Crippen LogP contribution in [0.1, 0.15) is 66.9 Å². The van der Waals surface area contributed by atoms with Gasteiger partial charge in [-0.25, -0.2) is 9.78 Å². The van der Waals surface area contributed by atoms with Gasteiger partial charge in [0.15, 0.2) is 0 Å². The first kappa shape index (κ1) is 21.8. The van der Waals surface area contributed by atoms with Crippen LogP contribution in [0.5, 0.6) is 0 Å². The van der Waals surface area contributed by atoms with Gasteiger partial charge in [0.25, 0.3) is 5.91 Å². The minimum Gasteiger partial charge on any atom is -0.349 e. The molecule has 3 amide bonds. The van der Waals surface area contributed by atoms with Gasteiger partial charge >= 0.3 is 6.03 Å². The van der Waals surface area contributed by atoms with E-state index in [2.05, 4.69) is 34.4 Å². The Bertz CT molecular complexity index is 1230. The molecule has 4 heterocycles. The highest BCUT2D eigenvalue weighted by Crippen LogP contribution is 2.46. The second-order valence-corrected chi connectivity index (χ2v) is 10.4. The highest BCUT2D eigenvalue weighted by molar-refractivity contribution is 7.21. The number of thiophene rings is 1. The van der Waals surface area contributed by atoms with Crippen molar-refractivity contribution in [2.45, 2.75) is 65.3 Å². The van der Waals surface area contributed by atoms with E-state index in [1.807, 2.05) is 19.1 Å². The molecule has 0 atom stereocenters. The second-order valence-electron chi connectivity index (χ2n) is 9.45. The van der Waals surface area contributed by atoms with Gasteiger partial charge in [0.2, 0.25) is 0 Å². The Hall–Kier alpha value is -3.00. The summed E-state index contributed by atoms with van der Waals surface area (Å²) in [6.45, 7) is 6.33. The monoisotopic (exact) mass is 463 g/mol. The van der Waals surface area contributed by atoms with Crippen LogP contribution in [-0.2, 0) is 6.42 Å². The van der Waals surface area contributed by atoms with Gasteiger partial charge in [0.05, 0.1) is 28.6 Å². The molecule has 2 aliphatic rings. The van der Waals surface area contributed by atoms with E-state index < -0.39 is 0 Å². The Balaban J connectivity index is 1.53. The number of aryl methyl sites for hydroxylation is 1. The number of carbonyl (C=O) groups is 2. The molecular weight excluding hydrogens is 434 g/mol. The van der Waals surface area contributed by atoms with Crippen LogP contribution in [0.25, 0.3) is 10.2 Å². The van der Waals surface area contributed by atoms with Gasteiger partial charge in [0, 0.05) is 17.9 Å². The second kappa shape index (κ2) is 8.74. The van der Waals surface area contributed by atoms with E-state index in [1.54, 1.807) is 17.3 Å². The number of carbonyl (C=O) groups excluding carboxylic acids is 2. The number of nitrogens with zero attached hydrogens (tertiary/aromatic N) is 3. The summed E-state index contributed by atoms with van der Waals surface area (Å²) in [6, 6.07) is 3.79. The minimum atomic E-state index is -0.290. The predicted molar refractivity (Wildman–Crippen MR) is 133 cm³/mol. The Morgan fingerprint density at radius 3 is 2.76 bits per heavy atom.